The number of para-hydroxylation sites is 2. The van der Waals surface area contributed by atoms with Crippen molar-refractivity contribution in [1.29, 1.82) is 0 Å². The highest BCUT2D eigenvalue weighted by Crippen LogP contribution is 2.32. The fraction of sp³-hybridized carbons (Fsp3) is 0.484. The Kier molecular flexibility index (Phi) is 9.50. The Morgan fingerprint density at radius 2 is 1.82 bits per heavy atom. The average molecular weight is 548 g/mol. The molecule has 3 aromatic rings. The van der Waals surface area contributed by atoms with Crippen molar-refractivity contribution in [1.82, 2.24) is 19.7 Å². The molecule has 5 rings (SSSR count). The van der Waals surface area contributed by atoms with Crippen molar-refractivity contribution in [2.75, 3.05) is 58.3 Å². The first-order valence-corrected chi connectivity index (χ1v) is 15.0. The number of anilines is 1. The number of carbonyl (C=O) groups excluding carboxylic acids is 1. The van der Waals surface area contributed by atoms with Gasteiger partial charge in [-0.1, -0.05) is 42.5 Å². The number of rotatable bonds is 10. The molecule has 7 nitrogen and oxygen atoms in total. The van der Waals surface area contributed by atoms with Gasteiger partial charge in [0.1, 0.15) is 5.75 Å². The van der Waals surface area contributed by atoms with Crippen LogP contribution in [-0.2, 0) is 17.9 Å². The fourth-order valence-corrected chi connectivity index (χ4v) is 6.73. The lowest BCUT2D eigenvalue weighted by Gasteiger charge is -2.47. The predicted octanol–water partition coefficient (Wildman–Crippen LogP) is 4.60. The number of thiazole rings is 1. The Labute approximate surface area is 237 Å². The Morgan fingerprint density at radius 3 is 2.56 bits per heavy atom. The molecule has 2 aromatic carbocycles. The number of benzene rings is 2. The molecule has 2 aliphatic rings. The van der Waals surface area contributed by atoms with Gasteiger partial charge in [-0.3, -0.25) is 14.6 Å². The second kappa shape index (κ2) is 13.4. The van der Waals surface area contributed by atoms with Gasteiger partial charge in [0, 0.05) is 64.2 Å². The van der Waals surface area contributed by atoms with E-state index in [2.05, 4.69) is 62.1 Å². The minimum absolute atomic E-state index is 0.211. The molecule has 0 aliphatic carbocycles. The van der Waals surface area contributed by atoms with E-state index in [-0.39, 0.29) is 5.91 Å². The first-order valence-electron chi connectivity index (χ1n) is 14.1. The summed E-state index contributed by atoms with van der Waals surface area (Å²) in [7, 11) is 3.65. The Hall–Kier alpha value is -2.94. The lowest BCUT2D eigenvalue weighted by molar-refractivity contribution is -0.131. The first kappa shape index (κ1) is 27.6. The molecule has 39 heavy (non-hydrogen) atoms. The largest absolute Gasteiger partial charge is 0.495 e. The number of hydrogen-bond acceptors (Lipinski definition) is 7. The number of nitrogens with zero attached hydrogens (tertiary/aromatic N) is 5. The van der Waals surface area contributed by atoms with Gasteiger partial charge < -0.3 is 14.5 Å². The average Bonchev–Trinajstić information content (AvgIpc) is 3.49. The summed E-state index contributed by atoms with van der Waals surface area (Å²) in [6, 6.07) is 19.6. The second-order valence-corrected chi connectivity index (χ2v) is 11.5. The van der Waals surface area contributed by atoms with Crippen LogP contribution in [0.15, 0.2) is 65.5 Å². The number of hydrogen-bond donors (Lipinski definition) is 0. The van der Waals surface area contributed by atoms with E-state index in [1.54, 1.807) is 18.4 Å². The zero-order chi connectivity index (χ0) is 27.0. The van der Waals surface area contributed by atoms with Gasteiger partial charge >= 0.3 is 0 Å². The standard InChI is InChI=1S/C31H41N5O2S/c1-33(22-27-23-39-24-32-27)31(37)13-12-26-21-34(20-25-8-4-3-5-9-25)15-14-28(26)35-16-18-36(19-17-35)29-10-6-7-11-30(29)38-2/h3-11,23-24,26,28H,12-22H2,1-2H3/t26-,28+/m0/s1. The molecule has 2 atom stereocenters. The van der Waals surface area contributed by atoms with Crippen LogP contribution in [0, 0.1) is 5.92 Å². The molecular weight excluding hydrogens is 506 g/mol. The third-order valence-electron chi connectivity index (χ3n) is 8.27. The van der Waals surface area contributed by atoms with Crippen LogP contribution in [0.3, 0.4) is 0 Å². The molecule has 2 aliphatic heterocycles. The molecule has 0 radical (unpaired) electrons. The quantitative estimate of drug-likeness (QED) is 0.370. The lowest BCUT2D eigenvalue weighted by Crippen LogP contribution is -2.56. The van der Waals surface area contributed by atoms with Crippen molar-refractivity contribution in [2.24, 2.45) is 5.92 Å². The van der Waals surface area contributed by atoms with Gasteiger partial charge in [0.2, 0.25) is 5.91 Å². The molecule has 2 fully saturated rings. The summed E-state index contributed by atoms with van der Waals surface area (Å²) in [6.45, 7) is 7.75. The molecule has 208 valence electrons. The summed E-state index contributed by atoms with van der Waals surface area (Å²) in [4.78, 5) is 27.0. The minimum atomic E-state index is 0.211. The van der Waals surface area contributed by atoms with Gasteiger partial charge in [-0.2, -0.15) is 0 Å². The van der Waals surface area contributed by atoms with Crippen LogP contribution in [0.4, 0.5) is 5.69 Å². The SMILES string of the molecule is COc1ccccc1N1CCN([C@@H]2CCN(Cc3ccccc3)C[C@@H]2CCC(=O)N(C)Cc2cscn2)CC1. The van der Waals surface area contributed by atoms with Gasteiger partial charge in [0.25, 0.3) is 0 Å². The van der Waals surface area contributed by atoms with Gasteiger partial charge in [-0.25, -0.2) is 4.98 Å². The summed E-state index contributed by atoms with van der Waals surface area (Å²) in [6.07, 6.45) is 2.65. The van der Waals surface area contributed by atoms with Crippen LogP contribution in [0.5, 0.6) is 5.75 Å². The number of aromatic nitrogens is 1. The minimum Gasteiger partial charge on any atom is -0.495 e. The third kappa shape index (κ3) is 7.18. The number of piperazine rings is 1. The topological polar surface area (TPSA) is 52.2 Å². The summed E-state index contributed by atoms with van der Waals surface area (Å²) in [5, 5.41) is 2.02. The molecule has 2 saturated heterocycles. The van der Waals surface area contributed by atoms with E-state index >= 15 is 0 Å². The van der Waals surface area contributed by atoms with Gasteiger partial charge in [0.05, 0.1) is 30.5 Å². The molecule has 0 N–H and O–H groups in total. The Balaban J connectivity index is 1.22. The van der Waals surface area contributed by atoms with Gasteiger partial charge in [0.15, 0.2) is 0 Å². The van der Waals surface area contributed by atoms with E-state index in [4.69, 9.17) is 4.74 Å². The maximum absolute atomic E-state index is 13.1. The van der Waals surface area contributed by atoms with E-state index in [0.29, 0.717) is 24.9 Å². The Bertz CT molecular complexity index is 1170. The normalized spacial score (nSPS) is 20.6. The molecule has 1 aromatic heterocycles. The maximum Gasteiger partial charge on any atom is 0.222 e. The Morgan fingerprint density at radius 1 is 1.05 bits per heavy atom. The van der Waals surface area contributed by atoms with E-state index in [9.17, 15) is 4.79 Å². The number of ether oxygens (including phenoxy) is 1. The maximum atomic E-state index is 13.1. The molecule has 0 bridgehead atoms. The molecule has 3 heterocycles. The van der Waals surface area contributed by atoms with Crippen LogP contribution >= 0.6 is 11.3 Å². The number of methoxy groups -OCH3 is 1. The lowest BCUT2D eigenvalue weighted by atomic mass is 9.86. The zero-order valence-electron chi connectivity index (χ0n) is 23.2. The highest BCUT2D eigenvalue weighted by Gasteiger charge is 2.35. The smallest absolute Gasteiger partial charge is 0.222 e. The summed E-state index contributed by atoms with van der Waals surface area (Å²) in [5.41, 5.74) is 5.34. The van der Waals surface area contributed by atoms with Crippen molar-refractivity contribution < 1.29 is 9.53 Å². The zero-order valence-corrected chi connectivity index (χ0v) is 24.1. The van der Waals surface area contributed by atoms with E-state index in [0.717, 1.165) is 70.1 Å². The first-order chi connectivity index (χ1) is 19.1. The molecule has 0 spiro atoms. The van der Waals surface area contributed by atoms with Gasteiger partial charge in [-0.15, -0.1) is 11.3 Å². The molecule has 0 unspecified atom stereocenters. The number of carbonyl (C=O) groups is 1. The molecular formula is C31H41N5O2S. The van der Waals surface area contributed by atoms with Crippen molar-refractivity contribution >= 4 is 22.9 Å². The molecule has 0 saturated carbocycles. The second-order valence-electron chi connectivity index (χ2n) is 10.8. The van der Waals surface area contributed by atoms with Crippen LogP contribution in [0.1, 0.15) is 30.5 Å². The number of piperidine rings is 1. The third-order valence-corrected chi connectivity index (χ3v) is 8.91. The highest BCUT2D eigenvalue weighted by molar-refractivity contribution is 7.07. The van der Waals surface area contributed by atoms with Crippen molar-refractivity contribution in [3.05, 3.63) is 76.7 Å². The van der Waals surface area contributed by atoms with Crippen LogP contribution in [0.2, 0.25) is 0 Å². The number of likely N-dealkylation sites (tertiary alicyclic amines) is 1. The van der Waals surface area contributed by atoms with Crippen LogP contribution in [-0.4, -0.2) is 85.1 Å². The van der Waals surface area contributed by atoms with Crippen molar-refractivity contribution in [3.63, 3.8) is 0 Å². The van der Waals surface area contributed by atoms with Crippen molar-refractivity contribution in [2.45, 2.75) is 38.4 Å². The molecule has 8 heteroatoms. The fourth-order valence-electron chi connectivity index (χ4n) is 6.18. The van der Waals surface area contributed by atoms with E-state index in [1.165, 1.54) is 11.3 Å². The summed E-state index contributed by atoms with van der Waals surface area (Å²) in [5.74, 6) is 1.62. The monoisotopic (exact) mass is 547 g/mol. The molecule has 1 amide bonds. The van der Waals surface area contributed by atoms with Crippen molar-refractivity contribution in [3.8, 4) is 5.75 Å². The van der Waals surface area contributed by atoms with E-state index in [1.807, 2.05) is 35.0 Å². The van der Waals surface area contributed by atoms with Crippen LogP contribution < -0.4 is 9.64 Å². The van der Waals surface area contributed by atoms with Gasteiger partial charge in [-0.05, 0) is 43.0 Å². The highest BCUT2D eigenvalue weighted by atomic mass is 32.1. The summed E-state index contributed by atoms with van der Waals surface area (Å²) < 4.78 is 5.63. The van der Waals surface area contributed by atoms with E-state index < -0.39 is 0 Å². The van der Waals surface area contributed by atoms with Crippen LogP contribution in [0.25, 0.3) is 0 Å². The predicted molar refractivity (Wildman–Crippen MR) is 158 cm³/mol. The summed E-state index contributed by atoms with van der Waals surface area (Å²) >= 11 is 1.58. The number of amides is 1.